The minimum absolute atomic E-state index is 0.874. The van der Waals surface area contributed by atoms with Crippen molar-refractivity contribution in [2.45, 2.75) is 0 Å². The van der Waals surface area contributed by atoms with E-state index in [1.54, 1.807) is 0 Å². The second kappa shape index (κ2) is 15.0. The zero-order chi connectivity index (χ0) is 42.8. The predicted octanol–water partition coefficient (Wildman–Crippen LogP) is 17.5. The Bertz CT molecular complexity index is 3910. The molecule has 0 amide bonds. The smallest absolute Gasteiger partial charge is 0.136 e. The Hall–Kier alpha value is -8.66. The van der Waals surface area contributed by atoms with Crippen LogP contribution in [0.15, 0.2) is 247 Å². The molecule has 2 heterocycles. The van der Waals surface area contributed by atoms with Crippen LogP contribution in [0.1, 0.15) is 0 Å². The van der Waals surface area contributed by atoms with Crippen LogP contribution in [-0.4, -0.2) is 4.57 Å². The second-order valence-corrected chi connectivity index (χ2v) is 16.8. The Labute approximate surface area is 376 Å². The van der Waals surface area contributed by atoms with E-state index in [4.69, 9.17) is 4.42 Å². The standard InChI is InChI=1S/C62H40N2O/c1-2-18-45-42(17-1)39-55(49-22-4-3-21-48(45)49)52-25-9-13-29-58(52)63(56-27-11-6-20-47(56)43-35-38-54-53-26-10-16-32-61(53)65-62(54)40-43)44-36-33-41(34-37-44)46-19-5-12-28-57(46)64-59-30-14-7-23-50(59)51-24-8-15-31-60(51)64/h1-40H. The molecule has 13 rings (SSSR count). The summed E-state index contributed by atoms with van der Waals surface area (Å²) in [6.07, 6.45) is 0. The van der Waals surface area contributed by atoms with Crippen molar-refractivity contribution in [1.82, 2.24) is 4.57 Å². The molecule has 304 valence electrons. The van der Waals surface area contributed by atoms with Crippen LogP contribution in [0.2, 0.25) is 0 Å². The van der Waals surface area contributed by atoms with Crippen molar-refractivity contribution in [2.75, 3.05) is 4.90 Å². The fourth-order valence-corrected chi connectivity index (χ4v) is 10.3. The lowest BCUT2D eigenvalue weighted by atomic mass is 9.91. The molecule has 0 atom stereocenters. The summed E-state index contributed by atoms with van der Waals surface area (Å²) >= 11 is 0. The normalized spacial score (nSPS) is 11.7. The molecule has 0 saturated heterocycles. The third kappa shape index (κ3) is 5.97. The Morgan fingerprint density at radius 2 is 0.831 bits per heavy atom. The highest BCUT2D eigenvalue weighted by molar-refractivity contribution is 6.15. The van der Waals surface area contributed by atoms with Gasteiger partial charge in [0, 0.05) is 43.9 Å². The van der Waals surface area contributed by atoms with E-state index in [-0.39, 0.29) is 0 Å². The maximum absolute atomic E-state index is 6.46. The Balaban J connectivity index is 1.02. The van der Waals surface area contributed by atoms with E-state index >= 15 is 0 Å². The number of nitrogens with zero attached hydrogens (tertiary/aromatic N) is 2. The third-order valence-electron chi connectivity index (χ3n) is 13.2. The van der Waals surface area contributed by atoms with Gasteiger partial charge in [0.15, 0.2) is 0 Å². The lowest BCUT2D eigenvalue weighted by Gasteiger charge is -2.30. The molecule has 11 aromatic carbocycles. The SMILES string of the molecule is c1ccc(N(c2ccc(-c3ccccc3-n3c4ccccc4c4ccccc43)cc2)c2ccccc2-c2cc3ccccc3c3ccccc23)c(-c2ccc3c(c2)oc2ccccc23)c1. The zero-order valence-electron chi connectivity index (χ0n) is 35.4. The van der Waals surface area contributed by atoms with Gasteiger partial charge in [0.1, 0.15) is 11.2 Å². The van der Waals surface area contributed by atoms with Gasteiger partial charge in [-0.1, -0.05) is 176 Å². The maximum Gasteiger partial charge on any atom is 0.136 e. The van der Waals surface area contributed by atoms with Crippen LogP contribution < -0.4 is 4.90 Å². The highest BCUT2D eigenvalue weighted by Crippen LogP contribution is 2.48. The molecule has 0 aliphatic rings. The number of hydrogen-bond donors (Lipinski definition) is 0. The number of rotatable bonds is 7. The first-order valence-electron chi connectivity index (χ1n) is 22.3. The molecule has 0 unspecified atom stereocenters. The summed E-state index contributed by atoms with van der Waals surface area (Å²) in [5.41, 5.74) is 15.4. The van der Waals surface area contributed by atoms with Gasteiger partial charge in [-0.3, -0.25) is 0 Å². The van der Waals surface area contributed by atoms with Gasteiger partial charge >= 0.3 is 0 Å². The Kier molecular flexibility index (Phi) is 8.53. The largest absolute Gasteiger partial charge is 0.456 e. The van der Waals surface area contributed by atoms with Gasteiger partial charge in [-0.2, -0.15) is 0 Å². The Morgan fingerprint density at radius 3 is 1.58 bits per heavy atom. The summed E-state index contributed by atoms with van der Waals surface area (Å²) in [6.45, 7) is 0. The summed E-state index contributed by atoms with van der Waals surface area (Å²) in [7, 11) is 0. The molecule has 3 heteroatoms. The number of benzene rings is 11. The van der Waals surface area contributed by atoms with Gasteiger partial charge in [-0.25, -0.2) is 0 Å². The molecule has 0 N–H and O–H groups in total. The summed E-state index contributed by atoms with van der Waals surface area (Å²) in [6, 6.07) is 87.8. The van der Waals surface area contributed by atoms with Crippen molar-refractivity contribution in [3.05, 3.63) is 243 Å². The van der Waals surface area contributed by atoms with Crippen LogP contribution in [0, 0.1) is 0 Å². The minimum atomic E-state index is 0.874. The third-order valence-corrected chi connectivity index (χ3v) is 13.2. The first kappa shape index (κ1) is 36.9. The number of fused-ring (bicyclic) bond motifs is 9. The van der Waals surface area contributed by atoms with E-state index in [0.717, 1.165) is 66.9 Å². The molecule has 0 bridgehead atoms. The van der Waals surface area contributed by atoms with Crippen molar-refractivity contribution in [3.8, 4) is 39.1 Å². The summed E-state index contributed by atoms with van der Waals surface area (Å²) < 4.78 is 8.88. The average molecular weight is 829 g/mol. The predicted molar refractivity (Wildman–Crippen MR) is 274 cm³/mol. The lowest BCUT2D eigenvalue weighted by molar-refractivity contribution is 0.669. The quantitative estimate of drug-likeness (QED) is 0.149. The topological polar surface area (TPSA) is 21.3 Å². The molecule has 0 saturated carbocycles. The van der Waals surface area contributed by atoms with Gasteiger partial charge in [0.25, 0.3) is 0 Å². The number of furan rings is 1. The first-order chi connectivity index (χ1) is 32.3. The zero-order valence-corrected chi connectivity index (χ0v) is 35.4. The fourth-order valence-electron chi connectivity index (χ4n) is 10.3. The number of hydrogen-bond acceptors (Lipinski definition) is 2. The molecule has 0 spiro atoms. The van der Waals surface area contributed by atoms with Crippen LogP contribution in [0.3, 0.4) is 0 Å². The molecular weight excluding hydrogens is 789 g/mol. The molecule has 3 nitrogen and oxygen atoms in total. The molecule has 0 radical (unpaired) electrons. The average Bonchev–Trinajstić information content (AvgIpc) is 3.92. The minimum Gasteiger partial charge on any atom is -0.456 e. The van der Waals surface area contributed by atoms with Crippen LogP contribution >= 0.6 is 0 Å². The van der Waals surface area contributed by atoms with Crippen LogP contribution in [-0.2, 0) is 0 Å². The van der Waals surface area contributed by atoms with Crippen molar-refractivity contribution in [3.63, 3.8) is 0 Å². The van der Waals surface area contributed by atoms with Crippen molar-refractivity contribution < 1.29 is 4.42 Å². The van der Waals surface area contributed by atoms with Gasteiger partial charge in [0.05, 0.1) is 28.1 Å². The molecule has 0 aliphatic heterocycles. The summed E-state index contributed by atoms with van der Waals surface area (Å²) in [5, 5.41) is 9.67. The van der Waals surface area contributed by atoms with Gasteiger partial charge in [-0.05, 0) is 105 Å². The maximum atomic E-state index is 6.46. The van der Waals surface area contributed by atoms with Crippen LogP contribution in [0.5, 0.6) is 0 Å². The van der Waals surface area contributed by atoms with E-state index < -0.39 is 0 Å². The molecule has 13 aromatic rings. The van der Waals surface area contributed by atoms with Gasteiger partial charge < -0.3 is 13.9 Å². The first-order valence-corrected chi connectivity index (χ1v) is 22.3. The van der Waals surface area contributed by atoms with Crippen molar-refractivity contribution in [1.29, 1.82) is 0 Å². The van der Waals surface area contributed by atoms with E-state index in [2.05, 4.69) is 240 Å². The summed E-state index contributed by atoms with van der Waals surface area (Å²) in [5.74, 6) is 0. The van der Waals surface area contributed by atoms with E-state index in [9.17, 15) is 0 Å². The lowest BCUT2D eigenvalue weighted by Crippen LogP contribution is -2.12. The highest BCUT2D eigenvalue weighted by Gasteiger charge is 2.23. The molecule has 65 heavy (non-hydrogen) atoms. The molecule has 0 aliphatic carbocycles. The highest BCUT2D eigenvalue weighted by atomic mass is 16.3. The molecular formula is C62H40N2O. The fraction of sp³-hybridized carbons (Fsp3) is 0. The van der Waals surface area contributed by atoms with Crippen molar-refractivity contribution in [2.24, 2.45) is 0 Å². The van der Waals surface area contributed by atoms with E-state index in [1.807, 2.05) is 12.1 Å². The molecule has 2 aromatic heterocycles. The number of aromatic nitrogens is 1. The number of para-hydroxylation sites is 6. The van der Waals surface area contributed by atoms with Gasteiger partial charge in [0.2, 0.25) is 0 Å². The van der Waals surface area contributed by atoms with E-state index in [0.29, 0.717) is 0 Å². The van der Waals surface area contributed by atoms with Gasteiger partial charge in [-0.15, -0.1) is 0 Å². The summed E-state index contributed by atoms with van der Waals surface area (Å²) in [4.78, 5) is 2.44. The Morgan fingerprint density at radius 1 is 0.308 bits per heavy atom. The second-order valence-electron chi connectivity index (χ2n) is 16.8. The molecule has 0 fully saturated rings. The number of anilines is 3. The monoisotopic (exact) mass is 828 g/mol. The van der Waals surface area contributed by atoms with E-state index in [1.165, 1.54) is 54.5 Å². The van der Waals surface area contributed by atoms with Crippen LogP contribution in [0.4, 0.5) is 17.1 Å². The van der Waals surface area contributed by atoms with Crippen LogP contribution in [0.25, 0.3) is 104 Å². The van der Waals surface area contributed by atoms with Crippen molar-refractivity contribution >= 4 is 82.4 Å².